The molecule has 2 aromatic rings. The second-order valence-electron chi connectivity index (χ2n) is 4.38. The van der Waals surface area contributed by atoms with Crippen molar-refractivity contribution in [3.05, 3.63) is 59.1 Å². The van der Waals surface area contributed by atoms with Gasteiger partial charge in [-0.1, -0.05) is 61.0 Å². The van der Waals surface area contributed by atoms with Gasteiger partial charge in [0.05, 0.1) is 0 Å². The molecule has 0 saturated heterocycles. The molecule has 0 heterocycles. The lowest BCUT2D eigenvalue weighted by Crippen LogP contribution is -2.17. The normalized spacial score (nSPS) is 12.4. The summed E-state index contributed by atoms with van der Waals surface area (Å²) in [5.41, 5.74) is 3.51. The fourth-order valence-electron chi connectivity index (χ4n) is 2.10. The minimum absolute atomic E-state index is 0.285. The third-order valence-corrected chi connectivity index (χ3v) is 3.41. The third-order valence-electron chi connectivity index (χ3n) is 3.08. The second-order valence-corrected chi connectivity index (χ2v) is 4.79. The van der Waals surface area contributed by atoms with E-state index in [0.717, 1.165) is 22.7 Å². The van der Waals surface area contributed by atoms with Crippen LogP contribution in [-0.4, -0.2) is 6.54 Å². The molecule has 0 spiro atoms. The molecular weight excluding hydrogens is 242 g/mol. The summed E-state index contributed by atoms with van der Waals surface area (Å²) in [6.07, 6.45) is 0. The fourth-order valence-corrected chi connectivity index (χ4v) is 2.45. The highest BCUT2D eigenvalue weighted by atomic mass is 35.5. The van der Waals surface area contributed by atoms with E-state index in [0.29, 0.717) is 0 Å². The Morgan fingerprint density at radius 1 is 1.06 bits per heavy atom. The molecule has 0 amide bonds. The average molecular weight is 260 g/mol. The molecule has 94 valence electrons. The van der Waals surface area contributed by atoms with Crippen LogP contribution in [-0.2, 0) is 0 Å². The minimum atomic E-state index is 0.285. The van der Waals surface area contributed by atoms with Gasteiger partial charge in [-0.3, -0.25) is 0 Å². The number of halogens is 1. The lowest BCUT2D eigenvalue weighted by atomic mass is 10.0. The maximum Gasteiger partial charge on any atom is 0.0459 e. The predicted molar refractivity (Wildman–Crippen MR) is 79.0 cm³/mol. The van der Waals surface area contributed by atoms with E-state index < -0.39 is 0 Å². The van der Waals surface area contributed by atoms with E-state index in [9.17, 15) is 0 Å². The van der Waals surface area contributed by atoms with Crippen molar-refractivity contribution in [3.8, 4) is 11.1 Å². The highest BCUT2D eigenvalue weighted by Gasteiger charge is 2.09. The smallest absolute Gasteiger partial charge is 0.0459 e. The Balaban J connectivity index is 2.31. The number of hydrogen-bond acceptors (Lipinski definition) is 1. The molecule has 0 aliphatic rings. The fraction of sp³-hybridized carbons (Fsp3) is 0.250. The van der Waals surface area contributed by atoms with Gasteiger partial charge in [-0.2, -0.15) is 0 Å². The van der Waals surface area contributed by atoms with Crippen LogP contribution < -0.4 is 5.32 Å². The average Bonchev–Trinajstić information content (AvgIpc) is 2.40. The molecule has 0 aliphatic heterocycles. The van der Waals surface area contributed by atoms with Crippen molar-refractivity contribution in [2.75, 3.05) is 6.54 Å². The van der Waals surface area contributed by atoms with E-state index in [4.69, 9.17) is 11.6 Å². The Kier molecular flexibility index (Phi) is 4.40. The van der Waals surface area contributed by atoms with E-state index >= 15 is 0 Å². The van der Waals surface area contributed by atoms with Crippen LogP contribution in [0.4, 0.5) is 0 Å². The molecule has 2 rings (SSSR count). The van der Waals surface area contributed by atoms with Gasteiger partial charge in [-0.05, 0) is 36.2 Å². The molecule has 0 aliphatic carbocycles. The molecule has 0 fully saturated rings. The van der Waals surface area contributed by atoms with Crippen LogP contribution >= 0.6 is 11.6 Å². The molecule has 0 aromatic heterocycles. The van der Waals surface area contributed by atoms with Crippen LogP contribution in [0.1, 0.15) is 25.5 Å². The predicted octanol–water partition coefficient (Wildman–Crippen LogP) is 4.68. The van der Waals surface area contributed by atoms with Gasteiger partial charge >= 0.3 is 0 Å². The van der Waals surface area contributed by atoms with Gasteiger partial charge in [-0.25, -0.2) is 0 Å². The van der Waals surface area contributed by atoms with Gasteiger partial charge < -0.3 is 5.32 Å². The zero-order valence-electron chi connectivity index (χ0n) is 10.8. The van der Waals surface area contributed by atoms with Gasteiger partial charge in [0.15, 0.2) is 0 Å². The van der Waals surface area contributed by atoms with Crippen molar-refractivity contribution in [2.24, 2.45) is 0 Å². The zero-order chi connectivity index (χ0) is 13.0. The Bertz CT molecular complexity index is 508. The Morgan fingerprint density at radius 3 is 2.39 bits per heavy atom. The first-order chi connectivity index (χ1) is 8.72. The third kappa shape index (κ3) is 2.92. The monoisotopic (exact) mass is 259 g/mol. The Morgan fingerprint density at radius 2 is 1.78 bits per heavy atom. The maximum atomic E-state index is 6.37. The van der Waals surface area contributed by atoms with Gasteiger partial charge in [0.2, 0.25) is 0 Å². The molecule has 1 atom stereocenters. The van der Waals surface area contributed by atoms with E-state index in [2.05, 4.69) is 43.4 Å². The topological polar surface area (TPSA) is 12.0 Å². The number of nitrogens with one attached hydrogen (secondary N) is 1. The lowest BCUT2D eigenvalue weighted by Gasteiger charge is -2.15. The molecule has 0 radical (unpaired) electrons. The lowest BCUT2D eigenvalue weighted by molar-refractivity contribution is 0.598. The van der Waals surface area contributed by atoms with Crippen LogP contribution in [0.2, 0.25) is 5.02 Å². The standard InChI is InChI=1S/C16H18ClN/c1-3-18-12(2)15-10-9-14(11-16(15)17)13-7-5-4-6-8-13/h4-12,18H,3H2,1-2H3. The zero-order valence-corrected chi connectivity index (χ0v) is 11.5. The first-order valence-electron chi connectivity index (χ1n) is 6.30. The highest BCUT2D eigenvalue weighted by Crippen LogP contribution is 2.28. The Labute approximate surface area is 114 Å². The maximum absolute atomic E-state index is 6.37. The van der Waals surface area contributed by atoms with Crippen LogP contribution in [0.3, 0.4) is 0 Å². The summed E-state index contributed by atoms with van der Waals surface area (Å²) >= 11 is 6.37. The quantitative estimate of drug-likeness (QED) is 0.841. The number of hydrogen-bond donors (Lipinski definition) is 1. The molecule has 1 unspecified atom stereocenters. The Hall–Kier alpha value is -1.31. The summed E-state index contributed by atoms with van der Waals surface area (Å²) in [7, 11) is 0. The molecule has 0 bridgehead atoms. The van der Waals surface area contributed by atoms with Crippen molar-refractivity contribution >= 4 is 11.6 Å². The van der Waals surface area contributed by atoms with E-state index in [1.54, 1.807) is 0 Å². The first kappa shape index (κ1) is 13.1. The van der Waals surface area contributed by atoms with Crippen LogP contribution in [0, 0.1) is 0 Å². The van der Waals surface area contributed by atoms with Crippen LogP contribution in [0.15, 0.2) is 48.5 Å². The molecule has 1 N–H and O–H groups in total. The first-order valence-corrected chi connectivity index (χ1v) is 6.68. The van der Waals surface area contributed by atoms with Crippen LogP contribution in [0.5, 0.6) is 0 Å². The molecular formula is C16H18ClN. The molecule has 1 nitrogen and oxygen atoms in total. The SMILES string of the molecule is CCNC(C)c1ccc(-c2ccccc2)cc1Cl. The largest absolute Gasteiger partial charge is 0.310 e. The van der Waals surface area contributed by atoms with Gasteiger partial charge in [0, 0.05) is 11.1 Å². The molecule has 18 heavy (non-hydrogen) atoms. The summed E-state index contributed by atoms with van der Waals surface area (Å²) in [5, 5.41) is 4.20. The van der Waals surface area contributed by atoms with Crippen LogP contribution in [0.25, 0.3) is 11.1 Å². The minimum Gasteiger partial charge on any atom is -0.310 e. The number of rotatable bonds is 4. The van der Waals surface area contributed by atoms with Gasteiger partial charge in [0.25, 0.3) is 0 Å². The molecule has 2 aromatic carbocycles. The van der Waals surface area contributed by atoms with E-state index in [-0.39, 0.29) is 6.04 Å². The highest BCUT2D eigenvalue weighted by molar-refractivity contribution is 6.31. The van der Waals surface area contributed by atoms with Crippen molar-refractivity contribution in [2.45, 2.75) is 19.9 Å². The second kappa shape index (κ2) is 6.03. The summed E-state index contributed by atoms with van der Waals surface area (Å²) < 4.78 is 0. The summed E-state index contributed by atoms with van der Waals surface area (Å²) in [6, 6.07) is 16.9. The number of benzene rings is 2. The van der Waals surface area contributed by atoms with E-state index in [1.165, 1.54) is 5.56 Å². The van der Waals surface area contributed by atoms with Crippen molar-refractivity contribution in [3.63, 3.8) is 0 Å². The van der Waals surface area contributed by atoms with Crippen molar-refractivity contribution in [1.29, 1.82) is 0 Å². The summed E-state index contributed by atoms with van der Waals surface area (Å²) in [4.78, 5) is 0. The molecule has 2 heteroatoms. The van der Waals surface area contributed by atoms with Gasteiger partial charge in [-0.15, -0.1) is 0 Å². The summed E-state index contributed by atoms with van der Waals surface area (Å²) in [6.45, 7) is 5.17. The van der Waals surface area contributed by atoms with Gasteiger partial charge in [0.1, 0.15) is 0 Å². The van der Waals surface area contributed by atoms with Crippen molar-refractivity contribution in [1.82, 2.24) is 5.32 Å². The summed E-state index contributed by atoms with van der Waals surface area (Å²) in [5.74, 6) is 0. The van der Waals surface area contributed by atoms with E-state index in [1.807, 2.05) is 24.3 Å². The van der Waals surface area contributed by atoms with Crippen molar-refractivity contribution < 1.29 is 0 Å². The molecule has 0 saturated carbocycles.